The van der Waals surface area contributed by atoms with E-state index < -0.39 is 0 Å². The van der Waals surface area contributed by atoms with Gasteiger partial charge in [-0.1, -0.05) is 20.8 Å². The van der Waals surface area contributed by atoms with E-state index in [4.69, 9.17) is 0 Å². The summed E-state index contributed by atoms with van der Waals surface area (Å²) in [6.07, 6.45) is 4.21. The summed E-state index contributed by atoms with van der Waals surface area (Å²) in [5.74, 6) is 1.02. The monoisotopic (exact) mass is 155 g/mol. The highest BCUT2D eigenvalue weighted by molar-refractivity contribution is 4.75. The summed E-state index contributed by atoms with van der Waals surface area (Å²) < 4.78 is 0. The first-order valence-corrected chi connectivity index (χ1v) is 4.79. The van der Waals surface area contributed by atoms with Gasteiger partial charge in [-0.3, -0.25) is 0 Å². The van der Waals surface area contributed by atoms with E-state index in [0.29, 0.717) is 5.41 Å². The summed E-state index contributed by atoms with van der Waals surface area (Å²) in [7, 11) is 0. The highest BCUT2D eigenvalue weighted by Gasteiger charge is 2.20. The molecule has 66 valence electrons. The SMILES string of the molecule is CC(C)(C)CCNCC1CC1. The van der Waals surface area contributed by atoms with Crippen molar-refractivity contribution < 1.29 is 0 Å². The summed E-state index contributed by atoms with van der Waals surface area (Å²) in [4.78, 5) is 0. The zero-order valence-corrected chi connectivity index (χ0v) is 8.11. The summed E-state index contributed by atoms with van der Waals surface area (Å²) in [5, 5.41) is 3.50. The van der Waals surface area contributed by atoms with Gasteiger partial charge in [-0.2, -0.15) is 0 Å². The molecule has 0 amide bonds. The first-order chi connectivity index (χ1) is 5.08. The van der Waals surface area contributed by atoms with Crippen LogP contribution < -0.4 is 5.32 Å². The topological polar surface area (TPSA) is 12.0 Å². The first kappa shape index (κ1) is 9.05. The minimum Gasteiger partial charge on any atom is -0.316 e. The van der Waals surface area contributed by atoms with Crippen LogP contribution in [0.1, 0.15) is 40.0 Å². The summed E-state index contributed by atoms with van der Waals surface area (Å²) in [5.41, 5.74) is 0.497. The number of hydrogen-bond donors (Lipinski definition) is 1. The minimum atomic E-state index is 0.497. The van der Waals surface area contributed by atoms with Gasteiger partial charge < -0.3 is 5.32 Å². The Morgan fingerprint density at radius 2 is 1.91 bits per heavy atom. The molecule has 0 aromatic heterocycles. The van der Waals surface area contributed by atoms with Gasteiger partial charge in [0.15, 0.2) is 0 Å². The van der Waals surface area contributed by atoms with E-state index in [-0.39, 0.29) is 0 Å². The first-order valence-electron chi connectivity index (χ1n) is 4.79. The van der Waals surface area contributed by atoms with Crippen LogP contribution in [0.5, 0.6) is 0 Å². The second-order valence-corrected chi connectivity index (χ2v) is 4.96. The third-order valence-corrected chi connectivity index (χ3v) is 2.18. The molecule has 1 heteroatoms. The van der Waals surface area contributed by atoms with E-state index in [1.54, 1.807) is 0 Å². The smallest absolute Gasteiger partial charge is 0.00205 e. The standard InChI is InChI=1S/C10H21N/c1-10(2,3)6-7-11-8-9-4-5-9/h9,11H,4-8H2,1-3H3. The molecule has 0 aliphatic heterocycles. The fraction of sp³-hybridized carbons (Fsp3) is 1.00. The quantitative estimate of drug-likeness (QED) is 0.615. The molecule has 0 aromatic rings. The average Bonchev–Trinajstić information content (AvgIpc) is 2.60. The van der Waals surface area contributed by atoms with E-state index in [2.05, 4.69) is 26.1 Å². The van der Waals surface area contributed by atoms with Crippen molar-refractivity contribution in [2.24, 2.45) is 11.3 Å². The number of hydrogen-bond acceptors (Lipinski definition) is 1. The molecule has 1 rings (SSSR count). The Hall–Kier alpha value is -0.0400. The highest BCUT2D eigenvalue weighted by Crippen LogP contribution is 2.27. The fourth-order valence-electron chi connectivity index (χ4n) is 1.09. The van der Waals surface area contributed by atoms with Crippen molar-refractivity contribution >= 4 is 0 Å². The second-order valence-electron chi connectivity index (χ2n) is 4.96. The van der Waals surface area contributed by atoms with Gasteiger partial charge in [0.05, 0.1) is 0 Å². The van der Waals surface area contributed by atoms with Crippen LogP contribution in [0.4, 0.5) is 0 Å². The van der Waals surface area contributed by atoms with Gasteiger partial charge in [-0.25, -0.2) is 0 Å². The van der Waals surface area contributed by atoms with Gasteiger partial charge in [0.25, 0.3) is 0 Å². The van der Waals surface area contributed by atoms with Crippen LogP contribution in [-0.4, -0.2) is 13.1 Å². The Labute approximate surface area is 70.6 Å². The molecule has 1 fully saturated rings. The van der Waals surface area contributed by atoms with Crippen LogP contribution in [0.25, 0.3) is 0 Å². The highest BCUT2D eigenvalue weighted by atomic mass is 14.9. The van der Waals surface area contributed by atoms with Crippen molar-refractivity contribution in [2.45, 2.75) is 40.0 Å². The van der Waals surface area contributed by atoms with E-state index in [0.717, 1.165) is 5.92 Å². The van der Waals surface area contributed by atoms with Crippen molar-refractivity contribution in [3.63, 3.8) is 0 Å². The van der Waals surface area contributed by atoms with Crippen molar-refractivity contribution in [1.29, 1.82) is 0 Å². The van der Waals surface area contributed by atoms with Crippen LogP contribution >= 0.6 is 0 Å². The molecule has 1 aliphatic rings. The number of rotatable bonds is 4. The third kappa shape index (κ3) is 5.25. The van der Waals surface area contributed by atoms with Gasteiger partial charge in [0.1, 0.15) is 0 Å². The molecule has 1 saturated carbocycles. The molecular weight excluding hydrogens is 134 g/mol. The lowest BCUT2D eigenvalue weighted by atomic mass is 9.92. The maximum absolute atomic E-state index is 3.50. The zero-order valence-electron chi connectivity index (χ0n) is 8.11. The average molecular weight is 155 g/mol. The maximum atomic E-state index is 3.50. The number of nitrogens with one attached hydrogen (secondary N) is 1. The molecular formula is C10H21N. The Morgan fingerprint density at radius 3 is 2.36 bits per heavy atom. The van der Waals surface area contributed by atoms with E-state index in [1.807, 2.05) is 0 Å². The molecule has 0 spiro atoms. The molecule has 1 aliphatic carbocycles. The normalized spacial score (nSPS) is 18.8. The maximum Gasteiger partial charge on any atom is -0.00205 e. The molecule has 0 saturated heterocycles. The molecule has 0 aromatic carbocycles. The lowest BCUT2D eigenvalue weighted by Gasteiger charge is -2.17. The van der Waals surface area contributed by atoms with Gasteiger partial charge in [-0.15, -0.1) is 0 Å². The van der Waals surface area contributed by atoms with Crippen molar-refractivity contribution in [1.82, 2.24) is 5.32 Å². The van der Waals surface area contributed by atoms with E-state index in [1.165, 1.54) is 32.4 Å². The minimum absolute atomic E-state index is 0.497. The van der Waals surface area contributed by atoms with E-state index >= 15 is 0 Å². The molecule has 1 nitrogen and oxygen atoms in total. The van der Waals surface area contributed by atoms with Crippen molar-refractivity contribution in [3.8, 4) is 0 Å². The molecule has 0 atom stereocenters. The van der Waals surface area contributed by atoms with Crippen molar-refractivity contribution in [2.75, 3.05) is 13.1 Å². The fourth-order valence-corrected chi connectivity index (χ4v) is 1.09. The second kappa shape index (κ2) is 3.57. The predicted octanol–water partition coefficient (Wildman–Crippen LogP) is 2.42. The molecule has 0 unspecified atom stereocenters. The zero-order chi connectivity index (χ0) is 8.32. The Morgan fingerprint density at radius 1 is 1.27 bits per heavy atom. The lowest BCUT2D eigenvalue weighted by Crippen LogP contribution is -2.22. The predicted molar refractivity (Wildman–Crippen MR) is 49.7 cm³/mol. The van der Waals surface area contributed by atoms with Crippen LogP contribution in [0.3, 0.4) is 0 Å². The lowest BCUT2D eigenvalue weighted by molar-refractivity contribution is 0.366. The molecule has 1 N–H and O–H groups in total. The molecule has 0 heterocycles. The van der Waals surface area contributed by atoms with Gasteiger partial charge in [0.2, 0.25) is 0 Å². The molecule has 0 radical (unpaired) electrons. The Balaban J connectivity index is 1.87. The van der Waals surface area contributed by atoms with Crippen LogP contribution in [0, 0.1) is 11.3 Å². The van der Waals surface area contributed by atoms with E-state index in [9.17, 15) is 0 Å². The summed E-state index contributed by atoms with van der Waals surface area (Å²) in [6.45, 7) is 9.35. The van der Waals surface area contributed by atoms with Gasteiger partial charge in [0, 0.05) is 0 Å². The van der Waals surface area contributed by atoms with Crippen LogP contribution in [0.2, 0.25) is 0 Å². The third-order valence-electron chi connectivity index (χ3n) is 2.18. The van der Waals surface area contributed by atoms with Gasteiger partial charge >= 0.3 is 0 Å². The van der Waals surface area contributed by atoms with Crippen LogP contribution in [0.15, 0.2) is 0 Å². The molecule has 0 bridgehead atoms. The Kier molecular flexibility index (Phi) is 2.94. The van der Waals surface area contributed by atoms with Crippen molar-refractivity contribution in [3.05, 3.63) is 0 Å². The van der Waals surface area contributed by atoms with Gasteiger partial charge in [-0.05, 0) is 43.7 Å². The Bertz CT molecular complexity index is 109. The summed E-state index contributed by atoms with van der Waals surface area (Å²) in [6, 6.07) is 0. The molecule has 11 heavy (non-hydrogen) atoms. The summed E-state index contributed by atoms with van der Waals surface area (Å²) >= 11 is 0. The van der Waals surface area contributed by atoms with Crippen LogP contribution in [-0.2, 0) is 0 Å². The largest absolute Gasteiger partial charge is 0.316 e.